The van der Waals surface area contributed by atoms with E-state index in [9.17, 15) is 4.79 Å². The first-order valence-electron chi connectivity index (χ1n) is 7.99. The normalized spacial score (nSPS) is 18.2. The number of rotatable bonds is 2. The van der Waals surface area contributed by atoms with E-state index in [2.05, 4.69) is 19.9 Å². The molecule has 0 bridgehead atoms. The summed E-state index contributed by atoms with van der Waals surface area (Å²) in [7, 11) is 0. The minimum absolute atomic E-state index is 0.000677. The molecule has 2 aromatic heterocycles. The average Bonchev–Trinajstić information content (AvgIpc) is 3.18. The highest BCUT2D eigenvalue weighted by Crippen LogP contribution is 2.22. The number of amides is 1. The van der Waals surface area contributed by atoms with Crippen LogP contribution in [0.5, 0.6) is 0 Å². The minimum Gasteiger partial charge on any atom is -0.367 e. The van der Waals surface area contributed by atoms with Crippen LogP contribution in [0.15, 0.2) is 24.4 Å². The standard InChI is InChI=1S/C17H19N5O2/c1-10-8-18-16(19-10)15-9-22(5-6-24-15)17(23)12-3-4-13-14(7-12)21-11(2)20-13/h3-4,7-8,15H,5-6,9H2,1-2H3,(H,18,19)(H,20,21)/t15-/m0/s1. The molecule has 0 saturated carbocycles. The summed E-state index contributed by atoms with van der Waals surface area (Å²) < 4.78 is 5.76. The molecule has 7 nitrogen and oxygen atoms in total. The summed E-state index contributed by atoms with van der Waals surface area (Å²) in [5, 5.41) is 0. The van der Waals surface area contributed by atoms with E-state index in [0.717, 1.165) is 28.4 Å². The number of benzene rings is 1. The van der Waals surface area contributed by atoms with Crippen LogP contribution in [0.1, 0.15) is 33.8 Å². The second-order valence-electron chi connectivity index (χ2n) is 6.12. The number of hydrogen-bond acceptors (Lipinski definition) is 4. The number of aromatic nitrogens is 4. The van der Waals surface area contributed by atoms with Crippen LogP contribution in [0.4, 0.5) is 0 Å². The van der Waals surface area contributed by atoms with Crippen molar-refractivity contribution in [2.24, 2.45) is 0 Å². The fourth-order valence-electron chi connectivity index (χ4n) is 3.05. The Morgan fingerprint density at radius 2 is 2.21 bits per heavy atom. The van der Waals surface area contributed by atoms with E-state index in [1.54, 1.807) is 6.20 Å². The molecule has 1 aromatic carbocycles. The molecule has 0 spiro atoms. The van der Waals surface area contributed by atoms with E-state index in [1.807, 2.05) is 36.9 Å². The Morgan fingerprint density at radius 3 is 3.00 bits per heavy atom. The molecule has 3 heterocycles. The average molecular weight is 325 g/mol. The highest BCUT2D eigenvalue weighted by atomic mass is 16.5. The second-order valence-corrected chi connectivity index (χ2v) is 6.12. The highest BCUT2D eigenvalue weighted by Gasteiger charge is 2.28. The number of carbonyl (C=O) groups excluding carboxylic acids is 1. The van der Waals surface area contributed by atoms with Gasteiger partial charge in [0.25, 0.3) is 5.91 Å². The molecule has 0 radical (unpaired) electrons. The lowest BCUT2D eigenvalue weighted by molar-refractivity contribution is -0.0264. The van der Waals surface area contributed by atoms with Gasteiger partial charge in [0, 0.05) is 24.0 Å². The van der Waals surface area contributed by atoms with Crippen LogP contribution in [0.3, 0.4) is 0 Å². The second kappa shape index (κ2) is 5.76. The molecular weight excluding hydrogens is 306 g/mol. The van der Waals surface area contributed by atoms with E-state index < -0.39 is 0 Å². The number of imidazole rings is 2. The smallest absolute Gasteiger partial charge is 0.254 e. The van der Waals surface area contributed by atoms with E-state index in [4.69, 9.17) is 4.74 Å². The zero-order valence-electron chi connectivity index (χ0n) is 13.7. The lowest BCUT2D eigenvalue weighted by Gasteiger charge is -2.32. The molecule has 0 unspecified atom stereocenters. The topological polar surface area (TPSA) is 86.9 Å². The van der Waals surface area contributed by atoms with Crippen LogP contribution in [0.2, 0.25) is 0 Å². The van der Waals surface area contributed by atoms with Crippen LogP contribution in [0.25, 0.3) is 11.0 Å². The number of fused-ring (bicyclic) bond motifs is 1. The van der Waals surface area contributed by atoms with Crippen molar-refractivity contribution < 1.29 is 9.53 Å². The maximum absolute atomic E-state index is 12.8. The molecule has 7 heteroatoms. The van der Waals surface area contributed by atoms with Crippen LogP contribution < -0.4 is 0 Å². The third-order valence-corrected chi connectivity index (χ3v) is 4.23. The fourth-order valence-corrected chi connectivity index (χ4v) is 3.05. The number of nitrogens with zero attached hydrogens (tertiary/aromatic N) is 3. The van der Waals surface area contributed by atoms with Crippen LogP contribution in [-0.4, -0.2) is 50.4 Å². The molecule has 1 aliphatic rings. The van der Waals surface area contributed by atoms with Gasteiger partial charge in [0.1, 0.15) is 17.8 Å². The van der Waals surface area contributed by atoms with Gasteiger partial charge in [0.05, 0.1) is 24.2 Å². The summed E-state index contributed by atoms with van der Waals surface area (Å²) >= 11 is 0. The molecule has 1 fully saturated rings. The molecule has 1 aliphatic heterocycles. The number of aryl methyl sites for hydroxylation is 2. The first-order valence-corrected chi connectivity index (χ1v) is 7.99. The number of H-pyrrole nitrogens is 2. The molecule has 1 saturated heterocycles. The number of hydrogen-bond donors (Lipinski definition) is 2. The summed E-state index contributed by atoms with van der Waals surface area (Å²) in [6.07, 6.45) is 1.56. The van der Waals surface area contributed by atoms with Crippen LogP contribution in [-0.2, 0) is 4.74 Å². The summed E-state index contributed by atoms with van der Waals surface area (Å²) in [4.78, 5) is 29.7. The van der Waals surface area contributed by atoms with Gasteiger partial charge in [-0.2, -0.15) is 0 Å². The molecule has 1 atom stereocenters. The molecule has 3 aromatic rings. The Balaban J connectivity index is 1.56. The zero-order valence-corrected chi connectivity index (χ0v) is 13.7. The van der Waals surface area contributed by atoms with Crippen LogP contribution >= 0.6 is 0 Å². The van der Waals surface area contributed by atoms with Gasteiger partial charge in [0.15, 0.2) is 0 Å². The Morgan fingerprint density at radius 1 is 1.33 bits per heavy atom. The number of morpholine rings is 1. The van der Waals surface area contributed by atoms with Gasteiger partial charge in [-0.1, -0.05) is 0 Å². The summed E-state index contributed by atoms with van der Waals surface area (Å²) in [6, 6.07) is 5.56. The molecule has 124 valence electrons. The highest BCUT2D eigenvalue weighted by molar-refractivity contribution is 5.97. The van der Waals surface area contributed by atoms with E-state index in [0.29, 0.717) is 25.3 Å². The maximum Gasteiger partial charge on any atom is 0.254 e. The maximum atomic E-state index is 12.8. The van der Waals surface area contributed by atoms with Gasteiger partial charge in [-0.05, 0) is 32.0 Å². The van der Waals surface area contributed by atoms with Crippen molar-refractivity contribution in [3.8, 4) is 0 Å². The lowest BCUT2D eigenvalue weighted by Crippen LogP contribution is -2.42. The molecule has 1 amide bonds. The molecule has 2 N–H and O–H groups in total. The number of nitrogens with one attached hydrogen (secondary N) is 2. The third-order valence-electron chi connectivity index (χ3n) is 4.23. The van der Waals surface area contributed by atoms with E-state index >= 15 is 0 Å². The van der Waals surface area contributed by atoms with E-state index in [1.165, 1.54) is 0 Å². The van der Waals surface area contributed by atoms with Gasteiger partial charge in [-0.25, -0.2) is 9.97 Å². The SMILES string of the molecule is Cc1cnc([C@@H]2CN(C(=O)c3ccc4nc(C)[nH]c4c3)CCO2)[nH]1. The van der Waals surface area contributed by atoms with Gasteiger partial charge in [-0.15, -0.1) is 0 Å². The first kappa shape index (κ1) is 14.9. The quantitative estimate of drug-likeness (QED) is 0.755. The summed E-state index contributed by atoms with van der Waals surface area (Å²) in [6.45, 7) is 5.42. The van der Waals surface area contributed by atoms with Crippen molar-refractivity contribution in [3.05, 3.63) is 47.3 Å². The zero-order chi connectivity index (χ0) is 16.7. The van der Waals surface area contributed by atoms with E-state index in [-0.39, 0.29) is 12.0 Å². The van der Waals surface area contributed by atoms with Gasteiger partial charge in [0.2, 0.25) is 0 Å². The first-order chi connectivity index (χ1) is 11.6. The lowest BCUT2D eigenvalue weighted by atomic mass is 10.1. The number of aromatic amines is 2. The van der Waals surface area contributed by atoms with Gasteiger partial charge in [-0.3, -0.25) is 4.79 Å². The minimum atomic E-state index is -0.213. The molecular formula is C17H19N5O2. The molecule has 4 rings (SSSR count). The largest absolute Gasteiger partial charge is 0.367 e. The summed E-state index contributed by atoms with van der Waals surface area (Å²) in [5.74, 6) is 1.61. The van der Waals surface area contributed by atoms with Crippen molar-refractivity contribution in [2.75, 3.05) is 19.7 Å². The number of carbonyl (C=O) groups is 1. The predicted octanol–water partition coefficient (Wildman–Crippen LogP) is 2.12. The Labute approximate surface area is 139 Å². The third kappa shape index (κ3) is 2.67. The Bertz CT molecular complexity index is 897. The predicted molar refractivity (Wildman–Crippen MR) is 88.8 cm³/mol. The van der Waals surface area contributed by atoms with Crippen molar-refractivity contribution in [1.82, 2.24) is 24.8 Å². The van der Waals surface area contributed by atoms with Gasteiger partial charge >= 0.3 is 0 Å². The monoisotopic (exact) mass is 325 g/mol. The van der Waals surface area contributed by atoms with Crippen molar-refractivity contribution in [3.63, 3.8) is 0 Å². The van der Waals surface area contributed by atoms with Crippen molar-refractivity contribution >= 4 is 16.9 Å². The molecule has 24 heavy (non-hydrogen) atoms. The number of ether oxygens (including phenoxy) is 1. The van der Waals surface area contributed by atoms with Crippen molar-refractivity contribution in [2.45, 2.75) is 20.0 Å². The van der Waals surface area contributed by atoms with Crippen molar-refractivity contribution in [1.29, 1.82) is 0 Å². The van der Waals surface area contributed by atoms with Crippen LogP contribution in [0, 0.1) is 13.8 Å². The van der Waals surface area contributed by atoms with Gasteiger partial charge < -0.3 is 19.6 Å². The Hall–Kier alpha value is -2.67. The molecule has 0 aliphatic carbocycles. The Kier molecular flexibility index (Phi) is 3.57. The fraction of sp³-hybridized carbons (Fsp3) is 0.353. The summed E-state index contributed by atoms with van der Waals surface area (Å²) in [5.41, 5.74) is 3.39.